The van der Waals surface area contributed by atoms with Crippen LogP contribution < -0.4 is 5.32 Å². The summed E-state index contributed by atoms with van der Waals surface area (Å²) in [7, 11) is 0. The molecule has 0 unspecified atom stereocenters. The number of benzene rings is 1. The fraction of sp³-hybridized carbons (Fsp3) is 0.267. The second-order valence-corrected chi connectivity index (χ2v) is 5.36. The molecule has 0 saturated carbocycles. The average Bonchev–Trinajstić information content (AvgIpc) is 2.64. The number of carbonyl (C=O) groups excluding carboxylic acids is 2. The third-order valence-electron chi connectivity index (χ3n) is 3.33. The molecule has 0 aliphatic carbocycles. The smallest absolute Gasteiger partial charge is 0.328 e. The number of aliphatic carboxylic acids is 1. The molecular weight excluding hydrogens is 272 g/mol. The van der Waals surface area contributed by atoms with Gasteiger partial charge in [0.2, 0.25) is 5.91 Å². The van der Waals surface area contributed by atoms with Crippen LogP contribution in [0.5, 0.6) is 0 Å². The van der Waals surface area contributed by atoms with Gasteiger partial charge in [0, 0.05) is 16.8 Å². The fourth-order valence-electron chi connectivity index (χ4n) is 2.09. The molecule has 1 heterocycles. The second kappa shape index (κ2) is 5.05. The van der Waals surface area contributed by atoms with Crippen LogP contribution in [0.1, 0.15) is 29.8 Å². The van der Waals surface area contributed by atoms with Crippen molar-refractivity contribution in [3.05, 3.63) is 42.0 Å². The predicted octanol–water partition coefficient (Wildman–Crippen LogP) is 1.09. The average molecular weight is 288 g/mol. The summed E-state index contributed by atoms with van der Waals surface area (Å²) >= 11 is 0. The van der Waals surface area contributed by atoms with E-state index in [4.69, 9.17) is 5.11 Å². The van der Waals surface area contributed by atoms with Crippen molar-refractivity contribution in [3.63, 3.8) is 0 Å². The van der Waals surface area contributed by atoms with Crippen LogP contribution in [0.15, 0.2) is 30.8 Å². The molecule has 110 valence electrons. The lowest BCUT2D eigenvalue weighted by atomic mass is 10.1. The summed E-state index contributed by atoms with van der Waals surface area (Å²) in [5.41, 5.74) is 0.230. The van der Waals surface area contributed by atoms with Crippen molar-refractivity contribution in [1.29, 1.82) is 0 Å². The topological polar surface area (TPSA) is 86.7 Å². The molecule has 2 amide bonds. The van der Waals surface area contributed by atoms with Crippen LogP contribution >= 0.6 is 0 Å². The number of carbonyl (C=O) groups is 3. The fourth-order valence-corrected chi connectivity index (χ4v) is 2.09. The van der Waals surface area contributed by atoms with Crippen LogP contribution in [0.3, 0.4) is 0 Å². The number of fused-ring (bicyclic) bond motifs is 1. The van der Waals surface area contributed by atoms with Crippen molar-refractivity contribution < 1.29 is 19.5 Å². The highest BCUT2D eigenvalue weighted by atomic mass is 16.4. The van der Waals surface area contributed by atoms with Crippen molar-refractivity contribution in [3.8, 4) is 0 Å². The predicted molar refractivity (Wildman–Crippen MR) is 76.4 cm³/mol. The number of carboxylic acids is 1. The van der Waals surface area contributed by atoms with Crippen molar-refractivity contribution in [2.75, 3.05) is 6.54 Å². The number of amides is 2. The minimum absolute atomic E-state index is 0.261. The maximum Gasteiger partial charge on any atom is 0.328 e. The van der Waals surface area contributed by atoms with Crippen LogP contribution in [0.2, 0.25) is 0 Å². The number of hydrogen-bond acceptors (Lipinski definition) is 3. The minimum atomic E-state index is -1.39. The Labute approximate surface area is 122 Å². The van der Waals surface area contributed by atoms with E-state index in [1.54, 1.807) is 24.3 Å². The van der Waals surface area contributed by atoms with Gasteiger partial charge in [-0.25, -0.2) is 4.79 Å². The standard InChI is InChI=1S/C15H16N2O4/c1-9-10-6-4-5-7-11(10)13(19)17(9)8-12(18)16-15(2,3)14(20)21/h4-7H,1,8H2,2-3H3,(H,16,18)(H,20,21). The van der Waals surface area contributed by atoms with Gasteiger partial charge in [-0.15, -0.1) is 0 Å². The largest absolute Gasteiger partial charge is 0.480 e. The van der Waals surface area contributed by atoms with E-state index in [-0.39, 0.29) is 12.5 Å². The molecule has 1 aliphatic rings. The summed E-state index contributed by atoms with van der Waals surface area (Å²) in [6, 6.07) is 6.95. The zero-order valence-corrected chi connectivity index (χ0v) is 11.8. The number of hydrogen-bond donors (Lipinski definition) is 2. The minimum Gasteiger partial charge on any atom is -0.480 e. The lowest BCUT2D eigenvalue weighted by Gasteiger charge is -2.23. The van der Waals surface area contributed by atoms with Gasteiger partial charge in [0.05, 0.1) is 0 Å². The Morgan fingerprint density at radius 2 is 1.86 bits per heavy atom. The molecule has 1 aromatic carbocycles. The highest BCUT2D eigenvalue weighted by Crippen LogP contribution is 2.30. The van der Waals surface area contributed by atoms with Gasteiger partial charge in [0.15, 0.2) is 0 Å². The number of nitrogens with zero attached hydrogens (tertiary/aromatic N) is 1. The molecule has 0 fully saturated rings. The van der Waals surface area contributed by atoms with Crippen molar-refractivity contribution in [1.82, 2.24) is 10.2 Å². The molecule has 0 bridgehead atoms. The monoisotopic (exact) mass is 288 g/mol. The van der Waals surface area contributed by atoms with E-state index in [9.17, 15) is 14.4 Å². The Bertz CT molecular complexity index is 614. The van der Waals surface area contributed by atoms with Crippen molar-refractivity contribution >= 4 is 23.5 Å². The maximum atomic E-state index is 12.2. The van der Waals surface area contributed by atoms with Gasteiger partial charge in [-0.2, -0.15) is 0 Å². The van der Waals surface area contributed by atoms with E-state index in [2.05, 4.69) is 11.9 Å². The first-order chi connectivity index (χ1) is 9.74. The Morgan fingerprint density at radius 1 is 1.29 bits per heavy atom. The zero-order chi connectivity index (χ0) is 15.8. The lowest BCUT2D eigenvalue weighted by Crippen LogP contribution is -2.52. The maximum absolute atomic E-state index is 12.2. The highest BCUT2D eigenvalue weighted by Gasteiger charge is 2.34. The molecule has 0 radical (unpaired) electrons. The van der Waals surface area contributed by atoms with Gasteiger partial charge < -0.3 is 10.4 Å². The first kappa shape index (κ1) is 14.8. The molecule has 2 rings (SSSR count). The van der Waals surface area contributed by atoms with E-state index in [1.807, 2.05) is 0 Å². The Balaban J connectivity index is 2.12. The first-order valence-electron chi connectivity index (χ1n) is 6.38. The molecule has 0 atom stereocenters. The zero-order valence-electron chi connectivity index (χ0n) is 11.8. The molecule has 6 nitrogen and oxygen atoms in total. The summed E-state index contributed by atoms with van der Waals surface area (Å²) in [6.07, 6.45) is 0. The van der Waals surface area contributed by atoms with Crippen LogP contribution in [-0.4, -0.2) is 39.9 Å². The summed E-state index contributed by atoms with van der Waals surface area (Å²) < 4.78 is 0. The SMILES string of the molecule is C=C1c2ccccc2C(=O)N1CC(=O)NC(C)(C)C(=O)O. The van der Waals surface area contributed by atoms with E-state index in [0.29, 0.717) is 16.8 Å². The molecule has 6 heteroatoms. The molecule has 0 saturated heterocycles. The van der Waals surface area contributed by atoms with E-state index in [0.717, 1.165) is 0 Å². The summed E-state index contributed by atoms with van der Waals surface area (Å²) in [4.78, 5) is 36.4. The third kappa shape index (κ3) is 2.65. The summed E-state index contributed by atoms with van der Waals surface area (Å²) in [5, 5.41) is 11.4. The first-order valence-corrected chi connectivity index (χ1v) is 6.38. The molecule has 1 aromatic rings. The molecule has 1 aliphatic heterocycles. The molecule has 2 N–H and O–H groups in total. The normalized spacial score (nSPS) is 14.1. The molecule has 21 heavy (non-hydrogen) atoms. The Hall–Kier alpha value is -2.63. The van der Waals surface area contributed by atoms with Crippen molar-refractivity contribution in [2.45, 2.75) is 19.4 Å². The van der Waals surface area contributed by atoms with Gasteiger partial charge in [0.1, 0.15) is 12.1 Å². The lowest BCUT2D eigenvalue weighted by molar-refractivity contribution is -0.146. The Kier molecular flexibility index (Phi) is 3.55. The number of nitrogens with one attached hydrogen (secondary N) is 1. The van der Waals surface area contributed by atoms with Crippen LogP contribution in [-0.2, 0) is 9.59 Å². The van der Waals surface area contributed by atoms with Gasteiger partial charge in [-0.3, -0.25) is 14.5 Å². The molecule has 0 spiro atoms. The summed E-state index contributed by atoms with van der Waals surface area (Å²) in [5.74, 6) is -2.01. The Morgan fingerprint density at radius 3 is 2.38 bits per heavy atom. The quantitative estimate of drug-likeness (QED) is 0.868. The highest BCUT2D eigenvalue weighted by molar-refractivity contribution is 6.10. The number of carboxylic acid groups (broad SMARTS) is 1. The van der Waals surface area contributed by atoms with Gasteiger partial charge in [-0.05, 0) is 19.9 Å². The van der Waals surface area contributed by atoms with Gasteiger partial charge in [0.25, 0.3) is 5.91 Å². The summed E-state index contributed by atoms with van der Waals surface area (Å²) in [6.45, 7) is 6.32. The van der Waals surface area contributed by atoms with E-state index in [1.165, 1.54) is 18.7 Å². The van der Waals surface area contributed by atoms with Gasteiger partial charge >= 0.3 is 5.97 Å². The molecule has 0 aromatic heterocycles. The van der Waals surface area contributed by atoms with Gasteiger partial charge in [-0.1, -0.05) is 24.8 Å². The van der Waals surface area contributed by atoms with Crippen LogP contribution in [0.25, 0.3) is 5.70 Å². The molecular formula is C15H16N2O4. The third-order valence-corrected chi connectivity index (χ3v) is 3.33. The number of rotatable bonds is 4. The van der Waals surface area contributed by atoms with Crippen LogP contribution in [0, 0.1) is 0 Å². The van der Waals surface area contributed by atoms with Crippen molar-refractivity contribution in [2.24, 2.45) is 0 Å². The van der Waals surface area contributed by atoms with E-state index >= 15 is 0 Å². The van der Waals surface area contributed by atoms with E-state index < -0.39 is 17.4 Å². The second-order valence-electron chi connectivity index (χ2n) is 5.36. The van der Waals surface area contributed by atoms with Crippen LogP contribution in [0.4, 0.5) is 0 Å².